The van der Waals surface area contributed by atoms with Crippen LogP contribution in [0.5, 0.6) is 0 Å². The van der Waals surface area contributed by atoms with E-state index in [0.717, 1.165) is 0 Å². The molecule has 0 saturated heterocycles. The summed E-state index contributed by atoms with van der Waals surface area (Å²) in [4.78, 5) is 35.0. The minimum absolute atomic E-state index is 0.0128. The van der Waals surface area contributed by atoms with E-state index in [0.29, 0.717) is 10.1 Å². The Morgan fingerprint density at radius 1 is 0.793 bits per heavy atom. The summed E-state index contributed by atoms with van der Waals surface area (Å²) in [5.41, 5.74) is -2.63. The summed E-state index contributed by atoms with van der Waals surface area (Å²) in [6.07, 6.45) is -1.37. The van der Waals surface area contributed by atoms with Crippen LogP contribution >= 0.6 is 0 Å². The van der Waals surface area contributed by atoms with Gasteiger partial charge in [-0.15, -0.1) is 0 Å². The number of nitrogens with zero attached hydrogens (tertiary/aromatic N) is 2. The Hall–Kier alpha value is -3.03. The molecule has 0 bridgehead atoms. The maximum atomic E-state index is 11.8. The third-order valence-corrected chi connectivity index (χ3v) is 3.64. The molecule has 29 heavy (non-hydrogen) atoms. The van der Waals surface area contributed by atoms with Gasteiger partial charge in [-0.05, 0) is 26.0 Å². The van der Waals surface area contributed by atoms with Crippen LogP contribution in [0.15, 0.2) is 24.9 Å². The SMILES string of the molecule is C=C(O)N(O)CCCNC(=O)CC(O)(CC(=O)NCCCN(O)C(=C)O)C(=O)O. The standard InChI is InChI=1S/C16H28N4O9/c1-11(21)19(28)7-3-5-17-13(23)9-16(27,15(25)26)10-14(24)18-6-4-8-20(29)12(2)22/h21-22,27-29H,1-10H2,(H,17,23)(H,18,24)(H,25,26). The van der Waals surface area contributed by atoms with Crippen molar-refractivity contribution >= 4 is 17.8 Å². The minimum Gasteiger partial charge on any atom is -0.494 e. The number of hydrogen-bond donors (Lipinski definition) is 8. The molecule has 13 heteroatoms. The molecule has 0 fully saturated rings. The van der Waals surface area contributed by atoms with Crippen LogP contribution in [-0.2, 0) is 14.4 Å². The van der Waals surface area contributed by atoms with Crippen molar-refractivity contribution in [3.05, 3.63) is 24.9 Å². The number of hydroxylamine groups is 4. The summed E-state index contributed by atoms with van der Waals surface area (Å²) < 4.78 is 0. The van der Waals surface area contributed by atoms with E-state index in [-0.39, 0.29) is 39.0 Å². The van der Waals surface area contributed by atoms with Crippen molar-refractivity contribution in [2.45, 2.75) is 31.3 Å². The van der Waals surface area contributed by atoms with Crippen molar-refractivity contribution in [1.82, 2.24) is 20.8 Å². The Balaban J connectivity index is 4.41. The number of aliphatic hydroxyl groups excluding tert-OH is 2. The van der Waals surface area contributed by atoms with Crippen molar-refractivity contribution in [2.75, 3.05) is 26.2 Å². The van der Waals surface area contributed by atoms with E-state index in [1.54, 1.807) is 0 Å². The quantitative estimate of drug-likeness (QED) is 0.0920. The summed E-state index contributed by atoms with van der Waals surface area (Å²) in [6.45, 7) is 6.11. The van der Waals surface area contributed by atoms with Crippen LogP contribution in [0, 0.1) is 0 Å². The molecule has 0 aromatic heterocycles. The maximum Gasteiger partial charge on any atom is 0.336 e. The average molecular weight is 420 g/mol. The summed E-state index contributed by atoms with van der Waals surface area (Å²) in [5, 5.41) is 61.0. The van der Waals surface area contributed by atoms with Crippen molar-refractivity contribution in [3.8, 4) is 0 Å². The van der Waals surface area contributed by atoms with E-state index >= 15 is 0 Å². The third kappa shape index (κ3) is 10.8. The number of amides is 2. The van der Waals surface area contributed by atoms with E-state index in [4.69, 9.17) is 10.2 Å². The second-order valence-corrected chi connectivity index (χ2v) is 6.18. The number of carboxylic acids is 1. The van der Waals surface area contributed by atoms with Gasteiger partial charge in [0, 0.05) is 13.1 Å². The Morgan fingerprint density at radius 2 is 1.14 bits per heavy atom. The molecule has 166 valence electrons. The molecule has 0 spiro atoms. The van der Waals surface area contributed by atoms with Crippen LogP contribution in [0.3, 0.4) is 0 Å². The molecule has 2 amide bonds. The van der Waals surface area contributed by atoms with E-state index in [1.807, 2.05) is 0 Å². The van der Waals surface area contributed by atoms with Gasteiger partial charge >= 0.3 is 5.97 Å². The van der Waals surface area contributed by atoms with Crippen LogP contribution in [0.25, 0.3) is 0 Å². The van der Waals surface area contributed by atoms with Gasteiger partial charge in [0.15, 0.2) is 5.60 Å². The fourth-order valence-electron chi connectivity index (χ4n) is 2.04. The number of carbonyl (C=O) groups excluding carboxylic acids is 2. The monoisotopic (exact) mass is 420 g/mol. The van der Waals surface area contributed by atoms with Crippen molar-refractivity contribution in [2.24, 2.45) is 0 Å². The number of carboxylic acid groups (broad SMARTS) is 1. The van der Waals surface area contributed by atoms with Crippen molar-refractivity contribution in [1.29, 1.82) is 0 Å². The molecule has 0 aromatic rings. The molecule has 0 heterocycles. The van der Waals surface area contributed by atoms with Gasteiger partial charge in [0.2, 0.25) is 23.6 Å². The highest BCUT2D eigenvalue weighted by atomic mass is 16.5. The zero-order chi connectivity index (χ0) is 22.6. The van der Waals surface area contributed by atoms with E-state index in [1.165, 1.54) is 0 Å². The molecular weight excluding hydrogens is 392 g/mol. The third-order valence-electron chi connectivity index (χ3n) is 3.64. The van der Waals surface area contributed by atoms with Crippen molar-refractivity contribution < 1.29 is 45.2 Å². The van der Waals surface area contributed by atoms with Crippen molar-refractivity contribution in [3.63, 3.8) is 0 Å². The highest BCUT2D eigenvalue weighted by molar-refractivity contribution is 5.91. The highest BCUT2D eigenvalue weighted by Crippen LogP contribution is 2.16. The number of aliphatic hydroxyl groups is 3. The molecule has 0 atom stereocenters. The Kier molecular flexibility index (Phi) is 11.1. The lowest BCUT2D eigenvalue weighted by Gasteiger charge is -2.22. The molecule has 8 N–H and O–H groups in total. The molecule has 0 rings (SSSR count). The van der Waals surface area contributed by atoms with E-state index < -0.39 is 48.0 Å². The van der Waals surface area contributed by atoms with Gasteiger partial charge in [-0.3, -0.25) is 20.0 Å². The number of aliphatic carboxylic acids is 1. The first kappa shape index (κ1) is 26.0. The molecule has 0 aliphatic heterocycles. The first-order valence-electron chi connectivity index (χ1n) is 8.56. The van der Waals surface area contributed by atoms with Gasteiger partial charge in [-0.1, -0.05) is 0 Å². The Bertz CT molecular complexity index is 569. The van der Waals surface area contributed by atoms with Gasteiger partial charge in [0.1, 0.15) is 0 Å². The zero-order valence-electron chi connectivity index (χ0n) is 15.9. The van der Waals surface area contributed by atoms with Gasteiger partial charge in [-0.25, -0.2) is 14.9 Å². The fourth-order valence-corrected chi connectivity index (χ4v) is 2.04. The zero-order valence-corrected chi connectivity index (χ0v) is 15.9. The molecule has 0 aliphatic carbocycles. The van der Waals surface area contributed by atoms with Crippen LogP contribution in [-0.4, -0.2) is 90.5 Å². The lowest BCUT2D eigenvalue weighted by atomic mass is 9.94. The summed E-state index contributed by atoms with van der Waals surface area (Å²) >= 11 is 0. The highest BCUT2D eigenvalue weighted by Gasteiger charge is 2.40. The normalized spacial score (nSPS) is 10.7. The molecule has 13 nitrogen and oxygen atoms in total. The van der Waals surface area contributed by atoms with Crippen LogP contribution in [0.1, 0.15) is 25.7 Å². The van der Waals surface area contributed by atoms with Crippen LogP contribution in [0.4, 0.5) is 0 Å². The number of carbonyl (C=O) groups is 3. The minimum atomic E-state index is -2.63. The average Bonchev–Trinajstić information content (AvgIpc) is 2.61. The second kappa shape index (κ2) is 12.4. The largest absolute Gasteiger partial charge is 0.494 e. The predicted molar refractivity (Wildman–Crippen MR) is 97.6 cm³/mol. The lowest BCUT2D eigenvalue weighted by Crippen LogP contribution is -2.47. The van der Waals surface area contributed by atoms with E-state index in [2.05, 4.69) is 23.8 Å². The topological polar surface area (TPSA) is 203 Å². The maximum absolute atomic E-state index is 11.8. The van der Waals surface area contributed by atoms with Gasteiger partial charge in [0.05, 0.1) is 25.9 Å². The summed E-state index contributed by atoms with van der Waals surface area (Å²) in [7, 11) is 0. The van der Waals surface area contributed by atoms with E-state index in [9.17, 15) is 35.0 Å². The Labute approximate surface area is 167 Å². The molecule has 0 saturated carbocycles. The number of rotatable bonds is 15. The molecule has 0 aliphatic rings. The van der Waals surface area contributed by atoms with Crippen LogP contribution < -0.4 is 10.6 Å². The molecular formula is C16H28N4O9. The fraction of sp³-hybridized carbons (Fsp3) is 0.562. The summed E-state index contributed by atoms with van der Waals surface area (Å²) in [6, 6.07) is 0. The Morgan fingerprint density at radius 3 is 1.41 bits per heavy atom. The van der Waals surface area contributed by atoms with Gasteiger partial charge in [0.25, 0.3) is 0 Å². The second-order valence-electron chi connectivity index (χ2n) is 6.18. The molecule has 0 unspecified atom stereocenters. The first-order chi connectivity index (χ1) is 13.4. The van der Waals surface area contributed by atoms with Gasteiger partial charge < -0.3 is 31.1 Å². The first-order valence-corrected chi connectivity index (χ1v) is 8.56. The number of nitrogens with one attached hydrogen (secondary N) is 2. The van der Waals surface area contributed by atoms with Crippen LogP contribution in [0.2, 0.25) is 0 Å². The predicted octanol–water partition coefficient (Wildman–Crippen LogP) is -0.964. The van der Waals surface area contributed by atoms with Gasteiger partial charge in [-0.2, -0.15) is 0 Å². The summed E-state index contributed by atoms with van der Waals surface area (Å²) in [5.74, 6) is -4.55. The molecule has 0 aromatic carbocycles. The smallest absolute Gasteiger partial charge is 0.336 e. The lowest BCUT2D eigenvalue weighted by molar-refractivity contribution is -0.164. The number of hydrogen-bond acceptors (Lipinski definition) is 10. The molecule has 0 radical (unpaired) electrons.